The van der Waals surface area contributed by atoms with E-state index in [1.807, 2.05) is 0 Å². The molecule has 0 bridgehead atoms. The number of rotatable bonds is 6. The van der Waals surface area contributed by atoms with Crippen molar-refractivity contribution in [2.24, 2.45) is 0 Å². The smallest absolute Gasteiger partial charge is 0.344 e. The molecule has 2 aromatic carbocycles. The zero-order valence-electron chi connectivity index (χ0n) is 15.9. The van der Waals surface area contributed by atoms with Gasteiger partial charge in [-0.2, -0.15) is 0 Å². The minimum Gasteiger partial charge on any atom is -0.482 e. The third kappa shape index (κ3) is 4.93. The number of anilines is 1. The molecule has 0 aliphatic carbocycles. The van der Waals surface area contributed by atoms with E-state index >= 15 is 0 Å². The number of carbonyl (C=O) groups is 4. The Bertz CT molecular complexity index is 1030. The molecule has 9 heteroatoms. The Balaban J connectivity index is 1.79. The first-order valence-electron chi connectivity index (χ1n) is 8.94. The van der Waals surface area contributed by atoms with Crippen molar-refractivity contribution in [1.29, 1.82) is 0 Å². The molecule has 0 unspecified atom stereocenters. The maximum atomic E-state index is 12.9. The van der Waals surface area contributed by atoms with Gasteiger partial charge in [-0.1, -0.05) is 34.1 Å². The molecule has 1 heterocycles. The molecule has 0 radical (unpaired) electrons. The molecule has 1 saturated heterocycles. The molecule has 154 valence electrons. The van der Waals surface area contributed by atoms with Crippen molar-refractivity contribution in [3.63, 3.8) is 0 Å². The second kappa shape index (κ2) is 9.36. The van der Waals surface area contributed by atoms with Gasteiger partial charge in [-0.25, -0.2) is 14.5 Å². The van der Waals surface area contributed by atoms with Crippen LogP contribution in [0.5, 0.6) is 5.75 Å². The number of nitrogens with zero attached hydrogens (tertiary/aromatic N) is 1. The third-order valence-corrected chi connectivity index (χ3v) is 4.51. The Kier molecular flexibility index (Phi) is 6.63. The highest BCUT2D eigenvalue weighted by Crippen LogP contribution is 2.25. The standard InChI is InChI=1S/C21H17BrN2O6/c1-2-29-18(25)12-30-16-8-6-13(7-9-16)10-17-19(26)23-21(28)24(20(17)27)15-5-3-4-14(22)11-15/h3-11H,2,12H2,1H3,(H,23,26,28). The summed E-state index contributed by atoms with van der Waals surface area (Å²) in [4.78, 5) is 49.5. The Morgan fingerprint density at radius 3 is 2.53 bits per heavy atom. The summed E-state index contributed by atoms with van der Waals surface area (Å²) < 4.78 is 10.8. The SMILES string of the molecule is CCOC(=O)COc1ccc(C=C2C(=O)NC(=O)N(c3cccc(Br)c3)C2=O)cc1. The van der Waals surface area contributed by atoms with Crippen molar-refractivity contribution < 1.29 is 28.7 Å². The first-order valence-corrected chi connectivity index (χ1v) is 9.74. The fraction of sp³-hybridized carbons (Fsp3) is 0.143. The van der Waals surface area contributed by atoms with Crippen LogP contribution in [0.4, 0.5) is 10.5 Å². The highest BCUT2D eigenvalue weighted by molar-refractivity contribution is 9.10. The van der Waals surface area contributed by atoms with E-state index in [1.54, 1.807) is 55.5 Å². The van der Waals surface area contributed by atoms with Gasteiger partial charge in [0.15, 0.2) is 6.61 Å². The van der Waals surface area contributed by atoms with Gasteiger partial charge < -0.3 is 9.47 Å². The van der Waals surface area contributed by atoms with Crippen LogP contribution in [-0.2, 0) is 19.1 Å². The molecule has 8 nitrogen and oxygen atoms in total. The van der Waals surface area contributed by atoms with Crippen LogP contribution in [0, 0.1) is 0 Å². The predicted molar refractivity (Wildman–Crippen MR) is 112 cm³/mol. The number of halogens is 1. The van der Waals surface area contributed by atoms with E-state index in [0.717, 1.165) is 4.90 Å². The van der Waals surface area contributed by atoms with Gasteiger partial charge in [0.1, 0.15) is 11.3 Å². The lowest BCUT2D eigenvalue weighted by Gasteiger charge is -2.26. The highest BCUT2D eigenvalue weighted by Gasteiger charge is 2.36. The molecule has 1 aliphatic rings. The number of esters is 1. The summed E-state index contributed by atoms with van der Waals surface area (Å²) >= 11 is 3.29. The number of benzene rings is 2. The Morgan fingerprint density at radius 1 is 1.13 bits per heavy atom. The molecular weight excluding hydrogens is 456 g/mol. The van der Waals surface area contributed by atoms with Crippen molar-refractivity contribution in [2.75, 3.05) is 18.1 Å². The van der Waals surface area contributed by atoms with Gasteiger partial charge in [0.25, 0.3) is 11.8 Å². The molecule has 0 saturated carbocycles. The molecule has 30 heavy (non-hydrogen) atoms. The minimum atomic E-state index is -0.817. The lowest BCUT2D eigenvalue weighted by molar-refractivity contribution is -0.145. The Morgan fingerprint density at radius 2 is 1.87 bits per heavy atom. The van der Waals surface area contributed by atoms with Crippen molar-refractivity contribution in [3.8, 4) is 5.75 Å². The van der Waals surface area contributed by atoms with Crippen molar-refractivity contribution in [1.82, 2.24) is 5.32 Å². The quantitative estimate of drug-likeness (QED) is 0.393. The largest absolute Gasteiger partial charge is 0.482 e. The topological polar surface area (TPSA) is 102 Å². The number of amides is 4. The van der Waals surface area contributed by atoms with Crippen LogP contribution >= 0.6 is 15.9 Å². The van der Waals surface area contributed by atoms with Crippen LogP contribution in [0.15, 0.2) is 58.6 Å². The second-order valence-corrected chi connectivity index (χ2v) is 7.02. The Labute approximate surface area is 180 Å². The minimum absolute atomic E-state index is 0.185. The van der Waals surface area contributed by atoms with E-state index in [9.17, 15) is 19.2 Å². The summed E-state index contributed by atoms with van der Waals surface area (Å²) in [6, 6.07) is 12.2. The van der Waals surface area contributed by atoms with Gasteiger partial charge in [-0.15, -0.1) is 0 Å². The van der Waals surface area contributed by atoms with Gasteiger partial charge >= 0.3 is 12.0 Å². The first kappa shape index (κ1) is 21.3. The number of barbiturate groups is 1. The fourth-order valence-electron chi connectivity index (χ4n) is 2.68. The van der Waals surface area contributed by atoms with Crippen molar-refractivity contribution in [3.05, 3.63) is 64.1 Å². The van der Waals surface area contributed by atoms with Gasteiger partial charge in [0.2, 0.25) is 0 Å². The van der Waals surface area contributed by atoms with Crippen LogP contribution in [0.3, 0.4) is 0 Å². The lowest BCUT2D eigenvalue weighted by atomic mass is 10.1. The molecule has 0 aromatic heterocycles. The molecule has 0 spiro atoms. The van der Waals surface area contributed by atoms with Crippen LogP contribution in [0.1, 0.15) is 12.5 Å². The number of hydrogen-bond donors (Lipinski definition) is 1. The van der Waals surface area contributed by atoms with Crippen molar-refractivity contribution >= 4 is 51.5 Å². The molecule has 3 rings (SSSR count). The number of imide groups is 2. The number of urea groups is 1. The summed E-state index contributed by atoms with van der Waals surface area (Å²) in [5.74, 6) is -1.57. The average Bonchev–Trinajstić information content (AvgIpc) is 2.70. The second-order valence-electron chi connectivity index (χ2n) is 6.10. The van der Waals surface area contributed by atoms with E-state index in [-0.39, 0.29) is 18.8 Å². The third-order valence-electron chi connectivity index (χ3n) is 4.02. The van der Waals surface area contributed by atoms with Crippen molar-refractivity contribution in [2.45, 2.75) is 6.92 Å². The normalized spacial score (nSPS) is 15.2. The van der Waals surface area contributed by atoms with Crippen LogP contribution in [-0.4, -0.2) is 37.0 Å². The zero-order valence-corrected chi connectivity index (χ0v) is 17.5. The van der Waals surface area contributed by atoms with Crippen LogP contribution in [0.2, 0.25) is 0 Å². The van der Waals surface area contributed by atoms with Crippen LogP contribution in [0.25, 0.3) is 6.08 Å². The average molecular weight is 473 g/mol. The molecule has 1 N–H and O–H groups in total. The first-order chi connectivity index (χ1) is 14.4. The lowest BCUT2D eigenvalue weighted by Crippen LogP contribution is -2.54. The van der Waals surface area contributed by atoms with E-state index < -0.39 is 23.8 Å². The highest BCUT2D eigenvalue weighted by atomic mass is 79.9. The molecule has 0 atom stereocenters. The summed E-state index contributed by atoms with van der Waals surface area (Å²) in [6.07, 6.45) is 1.38. The van der Waals surface area contributed by atoms with Crippen LogP contribution < -0.4 is 15.0 Å². The molecule has 2 aromatic rings. The maximum Gasteiger partial charge on any atom is 0.344 e. The van der Waals surface area contributed by atoms with Gasteiger partial charge in [-0.05, 0) is 48.9 Å². The zero-order chi connectivity index (χ0) is 21.7. The van der Waals surface area contributed by atoms with Gasteiger partial charge in [-0.3, -0.25) is 14.9 Å². The summed E-state index contributed by atoms with van der Waals surface area (Å²) in [5, 5.41) is 2.17. The summed E-state index contributed by atoms with van der Waals surface area (Å²) in [5.41, 5.74) is 0.684. The number of nitrogens with one attached hydrogen (secondary N) is 1. The molecule has 1 fully saturated rings. The van der Waals surface area contributed by atoms with E-state index in [2.05, 4.69) is 21.2 Å². The number of carbonyl (C=O) groups excluding carboxylic acids is 4. The van der Waals surface area contributed by atoms with E-state index in [1.165, 1.54) is 6.08 Å². The predicted octanol–water partition coefficient (Wildman–Crippen LogP) is 3.06. The van der Waals surface area contributed by atoms with E-state index in [4.69, 9.17) is 9.47 Å². The van der Waals surface area contributed by atoms with Gasteiger partial charge in [0, 0.05) is 4.47 Å². The van der Waals surface area contributed by atoms with Gasteiger partial charge in [0.05, 0.1) is 12.3 Å². The maximum absolute atomic E-state index is 12.9. The summed E-state index contributed by atoms with van der Waals surface area (Å²) in [6.45, 7) is 1.75. The Hall–Kier alpha value is -3.46. The molecular formula is C21H17BrN2O6. The number of hydrogen-bond acceptors (Lipinski definition) is 6. The van der Waals surface area contributed by atoms with E-state index in [0.29, 0.717) is 21.5 Å². The summed E-state index contributed by atoms with van der Waals surface area (Å²) in [7, 11) is 0. The number of ether oxygens (including phenoxy) is 2. The fourth-order valence-corrected chi connectivity index (χ4v) is 3.07. The molecule has 4 amide bonds. The molecule has 1 aliphatic heterocycles. The monoisotopic (exact) mass is 472 g/mol.